The molecule has 0 unspecified atom stereocenters. The lowest BCUT2D eigenvalue weighted by molar-refractivity contribution is 0.102. The van der Waals surface area contributed by atoms with E-state index in [-0.39, 0.29) is 5.91 Å². The largest absolute Gasteiger partial charge is 0.322 e. The van der Waals surface area contributed by atoms with E-state index in [1.54, 1.807) is 48.4 Å². The molecule has 0 aliphatic rings. The third kappa shape index (κ3) is 2.85. The molecule has 5 nitrogen and oxygen atoms in total. The predicted octanol–water partition coefficient (Wildman–Crippen LogP) is 2.97. The minimum atomic E-state index is -0.394. The Hall–Kier alpha value is -3.02. The number of pyridine rings is 1. The topological polar surface area (TPSA) is 59.8 Å². The van der Waals surface area contributed by atoms with Gasteiger partial charge in [-0.15, -0.1) is 0 Å². The van der Waals surface area contributed by atoms with Crippen LogP contribution in [0.5, 0.6) is 0 Å². The molecule has 0 saturated heterocycles. The fourth-order valence-electron chi connectivity index (χ4n) is 1.99. The second-order valence-corrected chi connectivity index (χ2v) is 4.79. The maximum absolute atomic E-state index is 13.2. The van der Waals surface area contributed by atoms with Crippen molar-refractivity contribution < 1.29 is 9.18 Å². The van der Waals surface area contributed by atoms with E-state index in [1.807, 2.05) is 0 Å². The Morgan fingerprint density at radius 3 is 2.82 bits per heavy atom. The second kappa shape index (κ2) is 5.77. The number of anilines is 1. The molecule has 110 valence electrons. The first kappa shape index (κ1) is 13.9. The third-order valence-corrected chi connectivity index (χ3v) is 3.23. The van der Waals surface area contributed by atoms with E-state index in [1.165, 1.54) is 18.3 Å². The van der Waals surface area contributed by atoms with Gasteiger partial charge in [-0.2, -0.15) is 0 Å². The molecule has 22 heavy (non-hydrogen) atoms. The number of halogens is 1. The molecular weight excluding hydrogens is 283 g/mol. The summed E-state index contributed by atoms with van der Waals surface area (Å²) in [5.74, 6) is -0.0659. The molecule has 0 bridgehead atoms. The number of aromatic nitrogens is 3. The van der Waals surface area contributed by atoms with Crippen LogP contribution in [-0.2, 0) is 0 Å². The van der Waals surface area contributed by atoms with Crippen molar-refractivity contribution in [1.82, 2.24) is 14.5 Å². The van der Waals surface area contributed by atoms with Crippen LogP contribution in [0.3, 0.4) is 0 Å². The van der Waals surface area contributed by atoms with Gasteiger partial charge >= 0.3 is 0 Å². The highest BCUT2D eigenvalue weighted by atomic mass is 19.1. The number of aryl methyl sites for hydroxylation is 1. The van der Waals surface area contributed by atoms with Crippen LogP contribution in [-0.4, -0.2) is 20.4 Å². The van der Waals surface area contributed by atoms with Crippen LogP contribution in [0.2, 0.25) is 0 Å². The summed E-state index contributed by atoms with van der Waals surface area (Å²) >= 11 is 0. The number of imidazole rings is 1. The van der Waals surface area contributed by atoms with E-state index in [0.29, 0.717) is 17.1 Å². The van der Waals surface area contributed by atoms with Crippen molar-refractivity contribution in [2.45, 2.75) is 6.92 Å². The molecule has 0 aliphatic heterocycles. The molecule has 2 aromatic heterocycles. The molecular formula is C16H13FN4O. The highest BCUT2D eigenvalue weighted by molar-refractivity contribution is 6.04. The van der Waals surface area contributed by atoms with Gasteiger partial charge in [-0.3, -0.25) is 9.36 Å². The minimum Gasteiger partial charge on any atom is -0.322 e. The average Bonchev–Trinajstić information content (AvgIpc) is 3.05. The number of hydrogen-bond donors (Lipinski definition) is 1. The smallest absolute Gasteiger partial charge is 0.257 e. The maximum atomic E-state index is 13.2. The highest BCUT2D eigenvalue weighted by Gasteiger charge is 2.09. The van der Waals surface area contributed by atoms with Crippen LogP contribution in [0.15, 0.2) is 55.2 Å². The molecule has 1 aromatic carbocycles. The molecule has 0 aliphatic carbocycles. The Labute approximate surface area is 126 Å². The number of hydrogen-bond acceptors (Lipinski definition) is 3. The van der Waals surface area contributed by atoms with Crippen molar-refractivity contribution in [3.63, 3.8) is 0 Å². The fourth-order valence-corrected chi connectivity index (χ4v) is 1.99. The molecule has 3 aromatic rings. The first-order valence-electron chi connectivity index (χ1n) is 6.65. The van der Waals surface area contributed by atoms with Crippen molar-refractivity contribution in [3.05, 3.63) is 72.2 Å². The van der Waals surface area contributed by atoms with Crippen molar-refractivity contribution in [2.75, 3.05) is 5.32 Å². The number of benzene rings is 1. The van der Waals surface area contributed by atoms with Gasteiger partial charge in [0.15, 0.2) is 0 Å². The van der Waals surface area contributed by atoms with E-state index in [0.717, 1.165) is 5.56 Å². The van der Waals surface area contributed by atoms with Crippen molar-refractivity contribution in [2.24, 2.45) is 0 Å². The van der Waals surface area contributed by atoms with E-state index >= 15 is 0 Å². The lowest BCUT2D eigenvalue weighted by Gasteiger charge is -2.09. The van der Waals surface area contributed by atoms with Gasteiger partial charge in [0.05, 0.1) is 5.56 Å². The van der Waals surface area contributed by atoms with Crippen molar-refractivity contribution in [1.29, 1.82) is 0 Å². The first-order chi connectivity index (χ1) is 10.6. The summed E-state index contributed by atoms with van der Waals surface area (Å²) in [6.45, 7) is 1.80. The summed E-state index contributed by atoms with van der Waals surface area (Å²) in [5.41, 5.74) is 1.63. The molecule has 0 spiro atoms. The second-order valence-electron chi connectivity index (χ2n) is 4.79. The summed E-state index contributed by atoms with van der Waals surface area (Å²) in [6.07, 6.45) is 6.50. The van der Waals surface area contributed by atoms with Gasteiger partial charge in [0, 0.05) is 24.3 Å². The molecule has 3 rings (SSSR count). The van der Waals surface area contributed by atoms with Crippen LogP contribution < -0.4 is 5.32 Å². The van der Waals surface area contributed by atoms with E-state index < -0.39 is 5.82 Å². The Bertz CT molecular complexity index is 798. The predicted molar refractivity (Wildman–Crippen MR) is 80.4 cm³/mol. The number of amides is 1. The van der Waals surface area contributed by atoms with Crippen molar-refractivity contribution >= 4 is 11.6 Å². The summed E-state index contributed by atoms with van der Waals surface area (Å²) in [7, 11) is 0. The SMILES string of the molecule is Cc1ccc(F)cc1NC(=O)c1ccc(-n2ccnc2)nc1. The number of nitrogens with zero attached hydrogens (tertiary/aromatic N) is 3. The number of carbonyl (C=O) groups excluding carboxylic acids is 1. The molecule has 0 fully saturated rings. The zero-order valence-electron chi connectivity index (χ0n) is 11.8. The molecule has 1 amide bonds. The summed E-state index contributed by atoms with van der Waals surface area (Å²) in [6, 6.07) is 7.64. The van der Waals surface area contributed by atoms with E-state index in [2.05, 4.69) is 15.3 Å². The summed E-state index contributed by atoms with van der Waals surface area (Å²) < 4.78 is 15.0. The Morgan fingerprint density at radius 1 is 1.27 bits per heavy atom. The number of rotatable bonds is 3. The van der Waals surface area contributed by atoms with E-state index in [4.69, 9.17) is 0 Å². The molecule has 0 atom stereocenters. The minimum absolute atomic E-state index is 0.335. The fraction of sp³-hybridized carbons (Fsp3) is 0.0625. The van der Waals surface area contributed by atoms with Gasteiger partial charge in [0.2, 0.25) is 0 Å². The molecule has 6 heteroatoms. The molecule has 0 saturated carbocycles. The standard InChI is InChI=1S/C16H13FN4O/c1-11-2-4-13(17)8-14(11)20-16(22)12-3-5-15(19-9-12)21-7-6-18-10-21/h2-10H,1H3,(H,20,22). The van der Waals surface area contributed by atoms with Gasteiger partial charge in [0.25, 0.3) is 5.91 Å². The third-order valence-electron chi connectivity index (χ3n) is 3.23. The molecule has 2 heterocycles. The first-order valence-corrected chi connectivity index (χ1v) is 6.65. The van der Waals surface area contributed by atoms with Crippen LogP contribution >= 0.6 is 0 Å². The normalized spacial score (nSPS) is 10.5. The Morgan fingerprint density at radius 2 is 2.14 bits per heavy atom. The Balaban J connectivity index is 1.79. The van der Waals surface area contributed by atoms with Crippen LogP contribution in [0, 0.1) is 12.7 Å². The molecule has 0 radical (unpaired) electrons. The van der Waals surface area contributed by atoms with Gasteiger partial charge in [0.1, 0.15) is 18.0 Å². The quantitative estimate of drug-likeness (QED) is 0.808. The average molecular weight is 296 g/mol. The van der Waals surface area contributed by atoms with Crippen LogP contribution in [0.4, 0.5) is 10.1 Å². The maximum Gasteiger partial charge on any atom is 0.257 e. The lowest BCUT2D eigenvalue weighted by atomic mass is 10.2. The summed E-state index contributed by atoms with van der Waals surface area (Å²) in [4.78, 5) is 20.3. The van der Waals surface area contributed by atoms with Crippen LogP contribution in [0.1, 0.15) is 15.9 Å². The highest BCUT2D eigenvalue weighted by Crippen LogP contribution is 2.17. The van der Waals surface area contributed by atoms with Gasteiger partial charge in [-0.25, -0.2) is 14.4 Å². The van der Waals surface area contributed by atoms with Gasteiger partial charge in [-0.1, -0.05) is 6.07 Å². The monoisotopic (exact) mass is 296 g/mol. The zero-order chi connectivity index (χ0) is 15.5. The Kier molecular flexibility index (Phi) is 3.65. The lowest BCUT2D eigenvalue weighted by Crippen LogP contribution is -2.13. The van der Waals surface area contributed by atoms with Gasteiger partial charge in [-0.05, 0) is 36.8 Å². The number of nitrogens with one attached hydrogen (secondary N) is 1. The molecule has 1 N–H and O–H groups in total. The van der Waals surface area contributed by atoms with Crippen LogP contribution in [0.25, 0.3) is 5.82 Å². The zero-order valence-corrected chi connectivity index (χ0v) is 11.8. The van der Waals surface area contributed by atoms with E-state index in [9.17, 15) is 9.18 Å². The van der Waals surface area contributed by atoms with Crippen molar-refractivity contribution in [3.8, 4) is 5.82 Å². The number of carbonyl (C=O) groups is 1. The summed E-state index contributed by atoms with van der Waals surface area (Å²) in [5, 5.41) is 2.68. The van der Waals surface area contributed by atoms with Gasteiger partial charge < -0.3 is 5.32 Å².